The minimum Gasteiger partial charge on any atom is -0.325 e. The van der Waals surface area contributed by atoms with E-state index in [-0.39, 0.29) is 17.2 Å². The summed E-state index contributed by atoms with van der Waals surface area (Å²) in [5.74, 6) is 0.0933. The van der Waals surface area contributed by atoms with Crippen LogP contribution in [0, 0.1) is 13.8 Å². The van der Waals surface area contributed by atoms with Crippen LogP contribution < -0.4 is 10.9 Å². The summed E-state index contributed by atoms with van der Waals surface area (Å²) >= 11 is 2.76. The lowest BCUT2D eigenvalue weighted by molar-refractivity contribution is -0.113. The molecule has 0 radical (unpaired) electrons. The molecule has 0 saturated heterocycles. The van der Waals surface area contributed by atoms with Gasteiger partial charge in [-0.15, -0.1) is 11.3 Å². The van der Waals surface area contributed by atoms with E-state index in [0.717, 1.165) is 44.9 Å². The third-order valence-corrected chi connectivity index (χ3v) is 6.60. The fourth-order valence-electron chi connectivity index (χ4n) is 3.02. The van der Waals surface area contributed by atoms with Gasteiger partial charge in [0.15, 0.2) is 5.16 Å². The highest BCUT2D eigenvalue weighted by Gasteiger charge is 2.14. The first-order valence-electron chi connectivity index (χ1n) is 8.98. The van der Waals surface area contributed by atoms with E-state index in [1.54, 1.807) is 0 Å². The molecule has 0 unspecified atom stereocenters. The number of thiophene rings is 1. The Morgan fingerprint density at radius 1 is 1.22 bits per heavy atom. The van der Waals surface area contributed by atoms with Gasteiger partial charge >= 0.3 is 0 Å². The van der Waals surface area contributed by atoms with Gasteiger partial charge in [-0.05, 0) is 43.4 Å². The van der Waals surface area contributed by atoms with Crippen molar-refractivity contribution >= 4 is 44.9 Å². The van der Waals surface area contributed by atoms with E-state index in [0.29, 0.717) is 10.5 Å². The molecule has 7 heteroatoms. The number of amides is 1. The molecule has 142 valence electrons. The molecule has 0 aliphatic carbocycles. The molecule has 0 fully saturated rings. The third-order valence-electron chi connectivity index (χ3n) is 4.62. The maximum atomic E-state index is 12.5. The second kappa shape index (κ2) is 8.27. The quantitative estimate of drug-likeness (QED) is 0.472. The summed E-state index contributed by atoms with van der Waals surface area (Å²) < 4.78 is 0. The Hall–Kier alpha value is -2.12. The number of aromatic amines is 1. The molecular weight excluding hydrogens is 378 g/mol. The lowest BCUT2D eigenvalue weighted by atomic mass is 10.0. The molecule has 0 aliphatic heterocycles. The second-order valence-electron chi connectivity index (χ2n) is 6.33. The highest BCUT2D eigenvalue weighted by Crippen LogP contribution is 2.27. The van der Waals surface area contributed by atoms with Gasteiger partial charge in [0.05, 0.1) is 11.1 Å². The molecule has 0 aliphatic rings. The van der Waals surface area contributed by atoms with Crippen LogP contribution in [0.2, 0.25) is 0 Å². The van der Waals surface area contributed by atoms with Gasteiger partial charge in [-0.2, -0.15) is 0 Å². The molecule has 0 spiro atoms. The van der Waals surface area contributed by atoms with Crippen LogP contribution in [0.3, 0.4) is 0 Å². The fourth-order valence-corrected chi connectivity index (χ4v) is 4.76. The van der Waals surface area contributed by atoms with Crippen LogP contribution in [0.15, 0.2) is 28.2 Å². The number of hydrogen-bond acceptors (Lipinski definition) is 5. The third kappa shape index (κ3) is 4.09. The van der Waals surface area contributed by atoms with Crippen molar-refractivity contribution in [2.24, 2.45) is 0 Å². The number of nitrogens with one attached hydrogen (secondary N) is 2. The first kappa shape index (κ1) is 19.6. The molecular formula is C20H23N3O2S2. The Morgan fingerprint density at radius 2 is 1.89 bits per heavy atom. The van der Waals surface area contributed by atoms with Crippen molar-refractivity contribution in [1.82, 2.24) is 9.97 Å². The number of fused-ring (bicyclic) bond motifs is 1. The number of aryl methyl sites for hydroxylation is 4. The van der Waals surface area contributed by atoms with Gasteiger partial charge in [0.25, 0.3) is 5.56 Å². The van der Waals surface area contributed by atoms with Crippen LogP contribution in [0.1, 0.15) is 35.4 Å². The highest BCUT2D eigenvalue weighted by molar-refractivity contribution is 7.99. The molecule has 2 heterocycles. The van der Waals surface area contributed by atoms with E-state index < -0.39 is 0 Å². The average Bonchev–Trinajstić information content (AvgIpc) is 2.94. The van der Waals surface area contributed by atoms with Gasteiger partial charge in [-0.1, -0.05) is 43.8 Å². The molecule has 1 amide bonds. The molecule has 0 saturated carbocycles. The Balaban J connectivity index is 1.75. The number of H-pyrrole nitrogens is 1. The maximum absolute atomic E-state index is 12.5. The number of carbonyl (C=O) groups is 1. The Bertz CT molecular complexity index is 1030. The molecule has 27 heavy (non-hydrogen) atoms. The number of thioether (sulfide) groups is 1. The van der Waals surface area contributed by atoms with Gasteiger partial charge in [-0.25, -0.2) is 4.98 Å². The molecule has 0 bridgehead atoms. The topological polar surface area (TPSA) is 74.8 Å². The van der Waals surface area contributed by atoms with Gasteiger partial charge in [-0.3, -0.25) is 9.59 Å². The van der Waals surface area contributed by atoms with Crippen molar-refractivity contribution < 1.29 is 4.79 Å². The Labute approximate surface area is 166 Å². The first-order valence-corrected chi connectivity index (χ1v) is 10.8. The van der Waals surface area contributed by atoms with Gasteiger partial charge in [0, 0.05) is 10.6 Å². The number of nitrogens with zero attached hydrogens (tertiary/aromatic N) is 1. The average molecular weight is 402 g/mol. The number of benzene rings is 1. The van der Waals surface area contributed by atoms with Crippen molar-refractivity contribution in [2.75, 3.05) is 11.1 Å². The molecule has 3 rings (SSSR count). The van der Waals surface area contributed by atoms with Crippen molar-refractivity contribution in [1.29, 1.82) is 0 Å². The summed E-state index contributed by atoms with van der Waals surface area (Å²) in [5.41, 5.74) is 4.00. The Morgan fingerprint density at radius 3 is 2.52 bits per heavy atom. The number of hydrogen-bond donors (Lipinski definition) is 2. The Kier molecular flexibility index (Phi) is 6.01. The van der Waals surface area contributed by atoms with E-state index in [2.05, 4.69) is 29.1 Å². The number of para-hydroxylation sites is 1. The number of aromatic nitrogens is 2. The predicted molar refractivity (Wildman–Crippen MR) is 114 cm³/mol. The minimum absolute atomic E-state index is 0.100. The first-order chi connectivity index (χ1) is 12.9. The van der Waals surface area contributed by atoms with Crippen molar-refractivity contribution in [3.8, 4) is 0 Å². The van der Waals surface area contributed by atoms with E-state index in [1.807, 2.05) is 32.0 Å². The van der Waals surface area contributed by atoms with E-state index in [4.69, 9.17) is 0 Å². The molecule has 3 aromatic rings. The summed E-state index contributed by atoms with van der Waals surface area (Å²) in [6.07, 6.45) is 1.72. The highest BCUT2D eigenvalue weighted by atomic mass is 32.2. The molecule has 5 nitrogen and oxygen atoms in total. The SMILES string of the molecule is CCc1cccc(CC)c1NC(=O)CSc1nc2sc(C)c(C)c2c(=O)[nH]1. The van der Waals surface area contributed by atoms with E-state index in [1.165, 1.54) is 23.1 Å². The van der Waals surface area contributed by atoms with Crippen LogP contribution in [0.5, 0.6) is 0 Å². The van der Waals surface area contributed by atoms with Gasteiger partial charge in [0.2, 0.25) is 5.91 Å². The molecule has 1 aromatic carbocycles. The number of anilines is 1. The lowest BCUT2D eigenvalue weighted by Crippen LogP contribution is -2.17. The zero-order valence-corrected chi connectivity index (χ0v) is 17.6. The standard InChI is InChI=1S/C20H23N3O2S2/c1-5-13-8-7-9-14(6-2)17(13)21-15(24)10-26-20-22-18(25)16-11(3)12(4)27-19(16)23-20/h7-9H,5-6,10H2,1-4H3,(H,21,24)(H,22,23,25). The largest absolute Gasteiger partial charge is 0.325 e. The minimum atomic E-state index is -0.144. The van der Waals surface area contributed by atoms with Crippen molar-refractivity contribution in [3.05, 3.63) is 50.1 Å². The van der Waals surface area contributed by atoms with Crippen molar-refractivity contribution in [2.45, 2.75) is 45.7 Å². The molecule has 2 N–H and O–H groups in total. The van der Waals surface area contributed by atoms with Crippen LogP contribution in [-0.4, -0.2) is 21.6 Å². The fraction of sp³-hybridized carbons (Fsp3) is 0.350. The van der Waals surface area contributed by atoms with Gasteiger partial charge < -0.3 is 10.3 Å². The zero-order chi connectivity index (χ0) is 19.6. The van der Waals surface area contributed by atoms with Crippen LogP contribution in [0.4, 0.5) is 5.69 Å². The molecule has 2 aromatic heterocycles. The number of rotatable bonds is 6. The number of carbonyl (C=O) groups excluding carboxylic acids is 1. The summed E-state index contributed by atoms with van der Waals surface area (Å²) in [6.45, 7) is 8.07. The van der Waals surface area contributed by atoms with Crippen LogP contribution in [-0.2, 0) is 17.6 Å². The van der Waals surface area contributed by atoms with E-state index >= 15 is 0 Å². The lowest BCUT2D eigenvalue weighted by Gasteiger charge is -2.14. The summed E-state index contributed by atoms with van der Waals surface area (Å²) in [6, 6.07) is 6.10. The molecule has 0 atom stereocenters. The van der Waals surface area contributed by atoms with Gasteiger partial charge in [0.1, 0.15) is 4.83 Å². The smallest absolute Gasteiger partial charge is 0.260 e. The predicted octanol–water partition coefficient (Wildman–Crippen LogP) is 4.46. The maximum Gasteiger partial charge on any atom is 0.260 e. The summed E-state index contributed by atoms with van der Waals surface area (Å²) in [4.78, 5) is 33.9. The van der Waals surface area contributed by atoms with Crippen LogP contribution in [0.25, 0.3) is 10.2 Å². The summed E-state index contributed by atoms with van der Waals surface area (Å²) in [5, 5.41) is 4.16. The van der Waals surface area contributed by atoms with Crippen molar-refractivity contribution in [3.63, 3.8) is 0 Å². The monoisotopic (exact) mass is 401 g/mol. The zero-order valence-electron chi connectivity index (χ0n) is 15.9. The van der Waals surface area contributed by atoms with Crippen LogP contribution >= 0.6 is 23.1 Å². The normalized spacial score (nSPS) is 11.1. The summed E-state index contributed by atoms with van der Waals surface area (Å²) in [7, 11) is 0. The van der Waals surface area contributed by atoms with E-state index in [9.17, 15) is 9.59 Å². The second-order valence-corrected chi connectivity index (χ2v) is 8.50.